The number of carbonyl (C=O) groups is 2. The molecule has 1 N–H and O–H groups in total. The summed E-state index contributed by atoms with van der Waals surface area (Å²) in [6, 6.07) is 10.9. The highest BCUT2D eigenvalue weighted by Crippen LogP contribution is 2.32. The lowest BCUT2D eigenvalue weighted by atomic mass is 10.2. The zero-order valence-electron chi connectivity index (χ0n) is 19.8. The molecule has 1 aliphatic heterocycles. The van der Waals surface area contributed by atoms with E-state index in [-0.39, 0.29) is 13.3 Å². The van der Waals surface area contributed by atoms with Gasteiger partial charge >= 0.3 is 5.97 Å². The second-order valence-electron chi connectivity index (χ2n) is 7.66. The number of amides is 1. The van der Waals surface area contributed by atoms with Crippen LogP contribution in [0.3, 0.4) is 0 Å². The first kappa shape index (κ1) is 25.0. The number of esters is 1. The number of fused-ring (bicyclic) bond motifs is 1. The molecule has 2 aromatic rings. The molecule has 0 aromatic heterocycles. The fourth-order valence-corrected chi connectivity index (χ4v) is 3.16. The minimum Gasteiger partial charge on any atom is -0.490 e. The summed E-state index contributed by atoms with van der Waals surface area (Å²) in [7, 11) is 0. The summed E-state index contributed by atoms with van der Waals surface area (Å²) >= 11 is 0. The Morgan fingerprint density at radius 2 is 1.88 bits per heavy atom. The first-order valence-electron chi connectivity index (χ1n) is 11.4. The maximum Gasteiger partial charge on any atom is 0.331 e. The third kappa shape index (κ3) is 7.16. The van der Waals surface area contributed by atoms with Gasteiger partial charge in [0.05, 0.1) is 13.2 Å². The summed E-state index contributed by atoms with van der Waals surface area (Å²) in [6.45, 7) is 7.11. The number of ether oxygens (including phenoxy) is 5. The average molecular weight is 470 g/mol. The summed E-state index contributed by atoms with van der Waals surface area (Å²) in [5.74, 6) is 1.59. The van der Waals surface area contributed by atoms with E-state index in [0.717, 1.165) is 24.0 Å². The van der Waals surface area contributed by atoms with Crippen molar-refractivity contribution in [2.75, 3.05) is 20.0 Å². The second-order valence-corrected chi connectivity index (χ2v) is 7.66. The van der Waals surface area contributed by atoms with Crippen LogP contribution in [0.15, 0.2) is 42.5 Å². The van der Waals surface area contributed by atoms with Crippen molar-refractivity contribution in [1.82, 2.24) is 5.32 Å². The summed E-state index contributed by atoms with van der Waals surface area (Å²) in [5, 5.41) is 2.75. The molecule has 0 spiro atoms. The SMILES string of the molecule is CCCCOc1ccc(/C=C/C(=O)OC(C)C(=O)NCc2ccc3c(c2)OCO3)cc1OCC. The van der Waals surface area contributed by atoms with Crippen LogP contribution in [0.2, 0.25) is 0 Å². The van der Waals surface area contributed by atoms with E-state index in [2.05, 4.69) is 12.2 Å². The fraction of sp³-hybridized carbons (Fsp3) is 0.385. The number of hydrogen-bond donors (Lipinski definition) is 1. The van der Waals surface area contributed by atoms with Gasteiger partial charge in [-0.1, -0.05) is 25.5 Å². The van der Waals surface area contributed by atoms with Gasteiger partial charge in [0.2, 0.25) is 6.79 Å². The smallest absolute Gasteiger partial charge is 0.331 e. The van der Waals surface area contributed by atoms with Crippen LogP contribution in [0.4, 0.5) is 0 Å². The standard InChI is InChI=1S/C26H31NO7/c1-4-6-13-31-21-10-7-19(14-23(21)30-5-2)9-12-25(28)34-18(3)26(29)27-16-20-8-11-22-24(15-20)33-17-32-22/h7-12,14-15,18H,4-6,13,16-17H2,1-3H3,(H,27,29)/b12-9+. The molecule has 34 heavy (non-hydrogen) atoms. The molecule has 0 bridgehead atoms. The highest BCUT2D eigenvalue weighted by molar-refractivity contribution is 5.90. The van der Waals surface area contributed by atoms with Crippen LogP contribution in [-0.2, 0) is 20.9 Å². The van der Waals surface area contributed by atoms with Crippen molar-refractivity contribution in [2.24, 2.45) is 0 Å². The summed E-state index contributed by atoms with van der Waals surface area (Å²) in [4.78, 5) is 24.5. The van der Waals surface area contributed by atoms with Crippen LogP contribution in [-0.4, -0.2) is 38.0 Å². The highest BCUT2D eigenvalue weighted by Gasteiger charge is 2.18. The molecule has 1 heterocycles. The quantitative estimate of drug-likeness (QED) is 0.282. The molecule has 2 aromatic carbocycles. The lowest BCUT2D eigenvalue weighted by Crippen LogP contribution is -2.35. The van der Waals surface area contributed by atoms with E-state index in [0.29, 0.717) is 36.2 Å². The molecule has 0 fully saturated rings. The molecule has 1 amide bonds. The molecule has 8 nitrogen and oxygen atoms in total. The van der Waals surface area contributed by atoms with Gasteiger partial charge in [-0.25, -0.2) is 4.79 Å². The van der Waals surface area contributed by atoms with Crippen molar-refractivity contribution in [3.05, 3.63) is 53.6 Å². The van der Waals surface area contributed by atoms with E-state index >= 15 is 0 Å². The van der Waals surface area contributed by atoms with Crippen LogP contribution in [0, 0.1) is 0 Å². The van der Waals surface area contributed by atoms with Gasteiger partial charge in [0.15, 0.2) is 29.1 Å². The van der Waals surface area contributed by atoms with Crippen molar-refractivity contribution < 1.29 is 33.3 Å². The molecule has 0 aliphatic carbocycles. The lowest BCUT2D eigenvalue weighted by molar-refractivity contribution is -0.150. The van der Waals surface area contributed by atoms with E-state index in [1.165, 1.54) is 13.0 Å². The van der Waals surface area contributed by atoms with Gasteiger partial charge in [0.25, 0.3) is 5.91 Å². The van der Waals surface area contributed by atoms with E-state index in [9.17, 15) is 9.59 Å². The van der Waals surface area contributed by atoms with Crippen LogP contribution in [0.1, 0.15) is 44.7 Å². The number of nitrogens with one attached hydrogen (secondary N) is 1. The van der Waals surface area contributed by atoms with E-state index in [4.69, 9.17) is 23.7 Å². The van der Waals surface area contributed by atoms with Crippen molar-refractivity contribution in [3.8, 4) is 23.0 Å². The molecule has 0 radical (unpaired) electrons. The predicted molar refractivity (Wildman–Crippen MR) is 127 cm³/mol. The van der Waals surface area contributed by atoms with E-state index < -0.39 is 18.0 Å². The van der Waals surface area contributed by atoms with Gasteiger partial charge in [-0.2, -0.15) is 0 Å². The van der Waals surface area contributed by atoms with Crippen molar-refractivity contribution in [3.63, 3.8) is 0 Å². The maximum atomic E-state index is 12.3. The Morgan fingerprint density at radius 1 is 1.06 bits per heavy atom. The number of unbranched alkanes of at least 4 members (excludes halogenated alkanes) is 1. The monoisotopic (exact) mass is 469 g/mol. The summed E-state index contributed by atoms with van der Waals surface area (Å²) in [6.07, 6.45) is 3.95. The molecular weight excluding hydrogens is 438 g/mol. The molecule has 182 valence electrons. The Morgan fingerprint density at radius 3 is 2.68 bits per heavy atom. The maximum absolute atomic E-state index is 12.3. The Hall–Kier alpha value is -3.68. The Balaban J connectivity index is 1.50. The topological polar surface area (TPSA) is 92.3 Å². The average Bonchev–Trinajstić information content (AvgIpc) is 3.30. The first-order chi connectivity index (χ1) is 16.5. The first-order valence-corrected chi connectivity index (χ1v) is 11.4. The van der Waals surface area contributed by atoms with Gasteiger partial charge in [-0.15, -0.1) is 0 Å². The molecule has 0 saturated carbocycles. The number of carbonyl (C=O) groups excluding carboxylic acids is 2. The molecule has 1 atom stereocenters. The molecule has 3 rings (SSSR count). The normalized spacial score (nSPS) is 12.9. The Bertz CT molecular complexity index is 1020. The molecule has 1 unspecified atom stereocenters. The Kier molecular flexibility index (Phi) is 9.20. The van der Waals surface area contributed by atoms with Crippen molar-refractivity contribution in [2.45, 2.75) is 46.3 Å². The zero-order chi connectivity index (χ0) is 24.3. The van der Waals surface area contributed by atoms with Gasteiger partial charge in [0.1, 0.15) is 0 Å². The number of rotatable bonds is 12. The van der Waals surface area contributed by atoms with E-state index in [1.807, 2.05) is 25.1 Å². The number of hydrogen-bond acceptors (Lipinski definition) is 7. The van der Waals surface area contributed by atoms with Crippen LogP contribution in [0.25, 0.3) is 6.08 Å². The second kappa shape index (κ2) is 12.5. The fourth-order valence-electron chi connectivity index (χ4n) is 3.16. The lowest BCUT2D eigenvalue weighted by Gasteiger charge is -2.13. The van der Waals surface area contributed by atoms with Crippen molar-refractivity contribution >= 4 is 18.0 Å². The van der Waals surface area contributed by atoms with Gasteiger partial charge in [-0.3, -0.25) is 4.79 Å². The predicted octanol–water partition coefficient (Wildman–Crippen LogP) is 4.25. The molecule has 1 aliphatic rings. The Labute approximate surface area is 199 Å². The summed E-state index contributed by atoms with van der Waals surface area (Å²) < 4.78 is 27.3. The minimum absolute atomic E-state index is 0.190. The third-order valence-electron chi connectivity index (χ3n) is 5.00. The summed E-state index contributed by atoms with van der Waals surface area (Å²) in [5.41, 5.74) is 1.60. The van der Waals surface area contributed by atoms with Gasteiger partial charge in [-0.05, 0) is 61.7 Å². The zero-order valence-corrected chi connectivity index (χ0v) is 19.8. The highest BCUT2D eigenvalue weighted by atomic mass is 16.7. The van der Waals surface area contributed by atoms with Crippen molar-refractivity contribution in [1.29, 1.82) is 0 Å². The third-order valence-corrected chi connectivity index (χ3v) is 5.00. The van der Waals surface area contributed by atoms with Gasteiger partial charge in [0, 0.05) is 12.6 Å². The van der Waals surface area contributed by atoms with Gasteiger partial charge < -0.3 is 29.0 Å². The molecule has 8 heteroatoms. The van der Waals surface area contributed by atoms with Crippen LogP contribution < -0.4 is 24.3 Å². The molecular formula is C26H31NO7. The number of benzene rings is 2. The largest absolute Gasteiger partial charge is 0.490 e. The molecule has 0 saturated heterocycles. The van der Waals surface area contributed by atoms with Crippen LogP contribution >= 0.6 is 0 Å². The van der Waals surface area contributed by atoms with E-state index in [1.54, 1.807) is 24.3 Å². The minimum atomic E-state index is -0.945. The van der Waals surface area contributed by atoms with Crippen LogP contribution in [0.5, 0.6) is 23.0 Å².